The molecular formula is C11H15NO5S. The van der Waals surface area contributed by atoms with Crippen molar-refractivity contribution < 1.29 is 22.7 Å². The van der Waals surface area contributed by atoms with Gasteiger partial charge in [0.05, 0.1) is 0 Å². The van der Waals surface area contributed by atoms with Crippen LogP contribution in [0.15, 0.2) is 15.4 Å². The fourth-order valence-corrected chi connectivity index (χ4v) is 3.13. The Labute approximate surface area is 105 Å². The molecule has 6 nitrogen and oxygen atoms in total. The van der Waals surface area contributed by atoms with Gasteiger partial charge in [-0.1, -0.05) is 6.42 Å². The number of aryl methyl sites for hydroxylation is 1. The second kappa shape index (κ2) is 4.74. The molecule has 7 heteroatoms. The molecule has 1 aromatic heterocycles. The Morgan fingerprint density at radius 2 is 2.22 bits per heavy atom. The summed E-state index contributed by atoms with van der Waals surface area (Å²) in [6.07, 6.45) is 3.21. The van der Waals surface area contributed by atoms with Crippen molar-refractivity contribution >= 4 is 16.0 Å². The highest BCUT2D eigenvalue weighted by atomic mass is 32.2. The molecule has 2 rings (SSSR count). The van der Waals surface area contributed by atoms with Gasteiger partial charge in [0.1, 0.15) is 10.7 Å². The number of aromatic carboxylic acids is 1. The monoisotopic (exact) mass is 273 g/mol. The maximum absolute atomic E-state index is 12.0. The Kier molecular flexibility index (Phi) is 3.45. The molecule has 1 aliphatic carbocycles. The van der Waals surface area contributed by atoms with E-state index < -0.39 is 16.0 Å². The molecule has 0 aromatic carbocycles. The number of sulfonamides is 1. The number of nitrogens with one attached hydrogen (secondary N) is 1. The molecule has 0 atom stereocenters. The third kappa shape index (κ3) is 2.56. The summed E-state index contributed by atoms with van der Waals surface area (Å²) in [5.41, 5.74) is 0. The predicted octanol–water partition coefficient (Wildman–Crippen LogP) is 1.36. The number of hydrogen-bond acceptors (Lipinski definition) is 4. The average molecular weight is 273 g/mol. The van der Waals surface area contributed by atoms with Crippen LogP contribution < -0.4 is 4.72 Å². The highest BCUT2D eigenvalue weighted by molar-refractivity contribution is 7.89. The third-order valence-electron chi connectivity index (χ3n) is 3.16. The van der Waals surface area contributed by atoms with Gasteiger partial charge in [0, 0.05) is 12.6 Å². The van der Waals surface area contributed by atoms with Gasteiger partial charge >= 0.3 is 5.97 Å². The SMILES string of the molecule is Cc1oc(C(=O)O)cc1S(=O)(=O)NCC1CCC1. The fourth-order valence-electron chi connectivity index (χ4n) is 1.84. The topological polar surface area (TPSA) is 96.6 Å². The van der Waals surface area contributed by atoms with E-state index in [4.69, 9.17) is 9.52 Å². The van der Waals surface area contributed by atoms with Crippen LogP contribution in [0, 0.1) is 12.8 Å². The molecule has 0 aliphatic heterocycles. The van der Waals surface area contributed by atoms with Crippen LogP contribution in [0.25, 0.3) is 0 Å². The summed E-state index contributed by atoms with van der Waals surface area (Å²) in [6.45, 7) is 1.83. The molecule has 100 valence electrons. The number of hydrogen-bond donors (Lipinski definition) is 2. The van der Waals surface area contributed by atoms with Gasteiger partial charge in [-0.25, -0.2) is 17.9 Å². The van der Waals surface area contributed by atoms with E-state index in [1.54, 1.807) is 0 Å². The fraction of sp³-hybridized carbons (Fsp3) is 0.545. The van der Waals surface area contributed by atoms with Crippen LogP contribution in [0.2, 0.25) is 0 Å². The molecule has 0 radical (unpaired) electrons. The van der Waals surface area contributed by atoms with Gasteiger partial charge in [0.25, 0.3) is 0 Å². The first-order chi connectivity index (χ1) is 8.40. The van der Waals surface area contributed by atoms with E-state index in [-0.39, 0.29) is 16.4 Å². The van der Waals surface area contributed by atoms with Crippen LogP contribution >= 0.6 is 0 Å². The number of furan rings is 1. The van der Waals surface area contributed by atoms with E-state index in [9.17, 15) is 13.2 Å². The van der Waals surface area contributed by atoms with Crippen LogP contribution in [0.4, 0.5) is 0 Å². The van der Waals surface area contributed by atoms with E-state index in [0.29, 0.717) is 12.5 Å². The molecule has 0 saturated heterocycles. The zero-order chi connectivity index (χ0) is 13.3. The predicted molar refractivity (Wildman–Crippen MR) is 62.9 cm³/mol. The Balaban J connectivity index is 2.15. The minimum Gasteiger partial charge on any atom is -0.475 e. The Bertz CT molecular complexity index is 556. The molecule has 1 aromatic rings. The molecular weight excluding hydrogens is 258 g/mol. The van der Waals surface area contributed by atoms with Crippen LogP contribution in [-0.2, 0) is 10.0 Å². The number of carboxylic acid groups (broad SMARTS) is 1. The number of carbonyl (C=O) groups is 1. The van der Waals surface area contributed by atoms with E-state index in [2.05, 4.69) is 4.72 Å². The van der Waals surface area contributed by atoms with Gasteiger partial charge in [0.2, 0.25) is 15.8 Å². The first kappa shape index (κ1) is 13.1. The molecule has 0 unspecified atom stereocenters. The largest absolute Gasteiger partial charge is 0.475 e. The van der Waals surface area contributed by atoms with E-state index in [0.717, 1.165) is 25.3 Å². The van der Waals surface area contributed by atoms with Gasteiger partial charge in [-0.2, -0.15) is 0 Å². The van der Waals surface area contributed by atoms with Crippen molar-refractivity contribution in [3.8, 4) is 0 Å². The quantitative estimate of drug-likeness (QED) is 0.844. The van der Waals surface area contributed by atoms with Crippen molar-refractivity contribution in [1.29, 1.82) is 0 Å². The summed E-state index contributed by atoms with van der Waals surface area (Å²) in [7, 11) is -3.68. The smallest absolute Gasteiger partial charge is 0.371 e. The Morgan fingerprint density at radius 1 is 1.56 bits per heavy atom. The second-order valence-electron chi connectivity index (χ2n) is 4.49. The summed E-state index contributed by atoms with van der Waals surface area (Å²) in [6, 6.07) is 1.04. The molecule has 0 spiro atoms. The summed E-state index contributed by atoms with van der Waals surface area (Å²) < 4.78 is 31.3. The lowest BCUT2D eigenvalue weighted by molar-refractivity contribution is 0.0661. The molecule has 18 heavy (non-hydrogen) atoms. The van der Waals surface area contributed by atoms with Crippen molar-refractivity contribution in [3.05, 3.63) is 17.6 Å². The van der Waals surface area contributed by atoms with Crippen molar-refractivity contribution in [2.45, 2.75) is 31.1 Å². The standard InChI is InChI=1S/C11H15NO5S/c1-7-10(5-9(17-7)11(13)14)18(15,16)12-6-8-3-2-4-8/h5,8,12H,2-4,6H2,1H3,(H,13,14). The first-order valence-corrected chi connectivity index (χ1v) is 7.22. The highest BCUT2D eigenvalue weighted by Gasteiger charge is 2.26. The lowest BCUT2D eigenvalue weighted by atomic mass is 9.86. The van der Waals surface area contributed by atoms with Gasteiger partial charge in [-0.3, -0.25) is 0 Å². The molecule has 1 aliphatic rings. The highest BCUT2D eigenvalue weighted by Crippen LogP contribution is 2.26. The molecule has 1 fully saturated rings. The normalized spacial score (nSPS) is 16.5. The first-order valence-electron chi connectivity index (χ1n) is 5.73. The maximum atomic E-state index is 12.0. The lowest BCUT2D eigenvalue weighted by Crippen LogP contribution is -2.32. The molecule has 0 amide bonds. The van der Waals surface area contributed by atoms with Gasteiger partial charge in [-0.15, -0.1) is 0 Å². The minimum absolute atomic E-state index is 0.0912. The van der Waals surface area contributed by atoms with Crippen LogP contribution in [0.3, 0.4) is 0 Å². The summed E-state index contributed by atoms with van der Waals surface area (Å²) in [4.78, 5) is 10.6. The van der Waals surface area contributed by atoms with Crippen molar-refractivity contribution in [2.24, 2.45) is 5.92 Å². The number of rotatable bonds is 5. The summed E-state index contributed by atoms with van der Waals surface area (Å²) >= 11 is 0. The third-order valence-corrected chi connectivity index (χ3v) is 4.69. The van der Waals surface area contributed by atoms with Crippen LogP contribution in [0.5, 0.6) is 0 Å². The van der Waals surface area contributed by atoms with E-state index in [1.807, 2.05) is 0 Å². The average Bonchev–Trinajstić information content (AvgIpc) is 2.58. The minimum atomic E-state index is -3.68. The Hall–Kier alpha value is -1.34. The summed E-state index contributed by atoms with van der Waals surface area (Å²) in [5.74, 6) is -1.16. The zero-order valence-electron chi connectivity index (χ0n) is 9.97. The summed E-state index contributed by atoms with van der Waals surface area (Å²) in [5, 5.41) is 8.74. The maximum Gasteiger partial charge on any atom is 0.371 e. The van der Waals surface area contributed by atoms with Crippen molar-refractivity contribution in [2.75, 3.05) is 6.54 Å². The zero-order valence-corrected chi connectivity index (χ0v) is 10.8. The van der Waals surface area contributed by atoms with Gasteiger partial charge in [-0.05, 0) is 25.7 Å². The van der Waals surface area contributed by atoms with Gasteiger partial charge in [0.15, 0.2) is 0 Å². The number of carboxylic acids is 1. The lowest BCUT2D eigenvalue weighted by Gasteiger charge is -2.25. The Morgan fingerprint density at radius 3 is 2.67 bits per heavy atom. The molecule has 0 bridgehead atoms. The molecule has 1 saturated carbocycles. The molecule has 1 heterocycles. The van der Waals surface area contributed by atoms with Gasteiger partial charge < -0.3 is 9.52 Å². The van der Waals surface area contributed by atoms with Crippen LogP contribution in [0.1, 0.15) is 35.6 Å². The second-order valence-corrected chi connectivity index (χ2v) is 6.22. The van der Waals surface area contributed by atoms with E-state index >= 15 is 0 Å². The van der Waals surface area contributed by atoms with Crippen molar-refractivity contribution in [1.82, 2.24) is 4.72 Å². The molecule has 2 N–H and O–H groups in total. The van der Waals surface area contributed by atoms with Crippen molar-refractivity contribution in [3.63, 3.8) is 0 Å². The van der Waals surface area contributed by atoms with Crippen LogP contribution in [-0.4, -0.2) is 26.0 Å². The van der Waals surface area contributed by atoms with E-state index in [1.165, 1.54) is 6.92 Å².